The van der Waals surface area contributed by atoms with Gasteiger partial charge in [0.05, 0.1) is 16.9 Å². The zero-order valence-corrected chi connectivity index (χ0v) is 9.96. The highest BCUT2D eigenvalue weighted by atomic mass is 32.2. The molecule has 0 fully saturated rings. The molecule has 0 amide bonds. The second-order valence-electron chi connectivity index (χ2n) is 3.57. The van der Waals surface area contributed by atoms with Crippen LogP contribution < -0.4 is 4.72 Å². The van der Waals surface area contributed by atoms with Gasteiger partial charge in [0.15, 0.2) is 0 Å². The van der Waals surface area contributed by atoms with Crippen molar-refractivity contribution in [2.24, 2.45) is 0 Å². The average Bonchev–Trinajstić information content (AvgIpc) is 2.10. The van der Waals surface area contributed by atoms with E-state index in [-0.39, 0.29) is 11.4 Å². The van der Waals surface area contributed by atoms with Gasteiger partial charge in [-0.2, -0.15) is 0 Å². The number of aryl methyl sites for hydroxylation is 1. The lowest BCUT2D eigenvalue weighted by Crippen LogP contribution is -2.11. The Morgan fingerprint density at radius 3 is 2.31 bits per heavy atom. The van der Waals surface area contributed by atoms with Gasteiger partial charge < -0.3 is 0 Å². The van der Waals surface area contributed by atoms with Crippen LogP contribution in [0.25, 0.3) is 0 Å². The molecule has 7 heteroatoms. The minimum absolute atomic E-state index is 0.130. The predicted octanol–water partition coefficient (Wildman–Crippen LogP) is 1.58. The minimum atomic E-state index is -3.43. The number of anilines is 1. The van der Waals surface area contributed by atoms with Gasteiger partial charge in [0, 0.05) is 12.1 Å². The summed E-state index contributed by atoms with van der Waals surface area (Å²) in [5.41, 5.74) is 1.46. The molecule has 0 atom stereocenters. The van der Waals surface area contributed by atoms with Crippen molar-refractivity contribution in [3.63, 3.8) is 0 Å². The van der Waals surface area contributed by atoms with Crippen molar-refractivity contribution in [2.75, 3.05) is 11.0 Å². The molecule has 0 spiro atoms. The predicted molar refractivity (Wildman–Crippen MR) is 61.0 cm³/mol. The van der Waals surface area contributed by atoms with Crippen LogP contribution in [0.15, 0.2) is 12.1 Å². The lowest BCUT2D eigenvalue weighted by atomic mass is 10.1. The van der Waals surface area contributed by atoms with Gasteiger partial charge in [-0.3, -0.25) is 14.8 Å². The second kappa shape index (κ2) is 4.09. The molecule has 0 unspecified atom stereocenters. The maximum atomic E-state index is 11.1. The zero-order chi connectivity index (χ0) is 12.5. The summed E-state index contributed by atoms with van der Waals surface area (Å²) >= 11 is 0. The Hall–Kier alpha value is -1.63. The number of benzene rings is 1. The first-order valence-electron chi connectivity index (χ1n) is 4.44. The summed E-state index contributed by atoms with van der Waals surface area (Å²) in [6.45, 7) is 3.39. The van der Waals surface area contributed by atoms with Crippen LogP contribution in [0.5, 0.6) is 0 Å². The lowest BCUT2D eigenvalue weighted by Gasteiger charge is -2.09. The Labute approximate surface area is 93.5 Å². The van der Waals surface area contributed by atoms with Gasteiger partial charge in [0.1, 0.15) is 0 Å². The number of hydrogen-bond acceptors (Lipinski definition) is 4. The number of non-ortho nitro benzene ring substituents is 1. The summed E-state index contributed by atoms with van der Waals surface area (Å²) in [5.74, 6) is 0. The molecule has 1 aromatic rings. The Bertz CT molecular complexity index is 537. The molecular weight excluding hydrogens is 232 g/mol. The van der Waals surface area contributed by atoms with Crippen LogP contribution in [0.2, 0.25) is 0 Å². The first kappa shape index (κ1) is 12.4. The Balaban J connectivity index is 3.33. The minimum Gasteiger partial charge on any atom is -0.283 e. The van der Waals surface area contributed by atoms with Crippen LogP contribution in [-0.2, 0) is 10.0 Å². The van der Waals surface area contributed by atoms with Gasteiger partial charge in [-0.25, -0.2) is 8.42 Å². The van der Waals surface area contributed by atoms with E-state index in [9.17, 15) is 18.5 Å². The monoisotopic (exact) mass is 244 g/mol. The zero-order valence-electron chi connectivity index (χ0n) is 9.14. The average molecular weight is 244 g/mol. The van der Waals surface area contributed by atoms with Crippen molar-refractivity contribution in [1.82, 2.24) is 0 Å². The van der Waals surface area contributed by atoms with Crippen LogP contribution in [0.4, 0.5) is 11.4 Å². The van der Waals surface area contributed by atoms with Gasteiger partial charge in [-0.15, -0.1) is 0 Å². The Morgan fingerprint density at radius 1 is 1.31 bits per heavy atom. The van der Waals surface area contributed by atoms with E-state index < -0.39 is 14.9 Å². The number of nitrogens with zero attached hydrogens (tertiary/aromatic N) is 1. The molecular formula is C9H12N2O4S. The van der Waals surface area contributed by atoms with Crippen LogP contribution >= 0.6 is 0 Å². The summed E-state index contributed by atoms with van der Waals surface area (Å²) in [7, 11) is -3.43. The second-order valence-corrected chi connectivity index (χ2v) is 5.32. The summed E-state index contributed by atoms with van der Waals surface area (Å²) in [5, 5.41) is 10.6. The topological polar surface area (TPSA) is 89.3 Å². The van der Waals surface area contributed by atoms with Crippen molar-refractivity contribution < 1.29 is 13.3 Å². The molecule has 0 aliphatic heterocycles. The van der Waals surface area contributed by atoms with Crippen LogP contribution in [0.1, 0.15) is 11.1 Å². The number of sulfonamides is 1. The van der Waals surface area contributed by atoms with E-state index in [2.05, 4.69) is 4.72 Å². The molecule has 1 rings (SSSR count). The van der Waals surface area contributed by atoms with Crippen molar-refractivity contribution in [3.05, 3.63) is 33.4 Å². The molecule has 6 nitrogen and oxygen atoms in total. The summed E-state index contributed by atoms with van der Waals surface area (Å²) in [6, 6.07) is 2.62. The highest BCUT2D eigenvalue weighted by Gasteiger charge is 2.13. The fraction of sp³-hybridized carbons (Fsp3) is 0.333. The SMILES string of the molecule is Cc1cc([N+](=O)[O-])cc(NS(C)(=O)=O)c1C. The normalized spacial score (nSPS) is 11.2. The molecule has 0 bridgehead atoms. The lowest BCUT2D eigenvalue weighted by molar-refractivity contribution is -0.384. The summed E-state index contributed by atoms with van der Waals surface area (Å²) in [6.07, 6.45) is 1.00. The summed E-state index contributed by atoms with van der Waals surface area (Å²) in [4.78, 5) is 10.1. The number of nitro benzene ring substituents is 1. The standard InChI is InChI=1S/C9H12N2O4S/c1-6-4-8(11(12)13)5-9(7(6)2)10-16(3,14)15/h4-5,10H,1-3H3. The third-order valence-corrected chi connectivity index (χ3v) is 2.75. The van der Waals surface area contributed by atoms with Crippen molar-refractivity contribution >= 4 is 21.4 Å². The molecule has 16 heavy (non-hydrogen) atoms. The number of hydrogen-bond donors (Lipinski definition) is 1. The molecule has 0 radical (unpaired) electrons. The molecule has 1 aromatic carbocycles. The third-order valence-electron chi connectivity index (χ3n) is 2.16. The van der Waals surface area contributed by atoms with Gasteiger partial charge in [0.2, 0.25) is 10.0 Å². The smallest absolute Gasteiger partial charge is 0.271 e. The van der Waals surface area contributed by atoms with E-state index in [0.29, 0.717) is 11.1 Å². The van der Waals surface area contributed by atoms with Gasteiger partial charge >= 0.3 is 0 Å². The molecule has 88 valence electrons. The van der Waals surface area contributed by atoms with E-state index in [1.807, 2.05) is 0 Å². The molecule has 0 aliphatic rings. The van der Waals surface area contributed by atoms with Gasteiger partial charge in [-0.05, 0) is 25.0 Å². The summed E-state index contributed by atoms with van der Waals surface area (Å²) < 4.78 is 24.4. The maximum absolute atomic E-state index is 11.1. The number of nitrogens with one attached hydrogen (secondary N) is 1. The fourth-order valence-electron chi connectivity index (χ4n) is 1.25. The first-order chi connectivity index (χ1) is 7.20. The molecule has 0 saturated heterocycles. The quantitative estimate of drug-likeness (QED) is 0.645. The first-order valence-corrected chi connectivity index (χ1v) is 6.33. The Kier molecular flexibility index (Phi) is 3.18. The molecule has 0 aromatic heterocycles. The molecule has 0 saturated carbocycles. The van der Waals surface area contributed by atoms with E-state index in [1.165, 1.54) is 12.1 Å². The highest BCUT2D eigenvalue weighted by Crippen LogP contribution is 2.26. The van der Waals surface area contributed by atoms with Crippen molar-refractivity contribution in [2.45, 2.75) is 13.8 Å². The number of nitro groups is 1. The van der Waals surface area contributed by atoms with Crippen LogP contribution in [0, 0.1) is 24.0 Å². The van der Waals surface area contributed by atoms with E-state index in [0.717, 1.165) is 6.26 Å². The van der Waals surface area contributed by atoms with Gasteiger partial charge in [-0.1, -0.05) is 0 Å². The van der Waals surface area contributed by atoms with E-state index in [1.54, 1.807) is 13.8 Å². The van der Waals surface area contributed by atoms with Crippen LogP contribution in [0.3, 0.4) is 0 Å². The Morgan fingerprint density at radius 2 is 1.88 bits per heavy atom. The third kappa shape index (κ3) is 2.93. The van der Waals surface area contributed by atoms with Crippen molar-refractivity contribution in [1.29, 1.82) is 0 Å². The van der Waals surface area contributed by atoms with Crippen LogP contribution in [-0.4, -0.2) is 19.6 Å². The van der Waals surface area contributed by atoms with Crippen molar-refractivity contribution in [3.8, 4) is 0 Å². The maximum Gasteiger partial charge on any atom is 0.271 e. The molecule has 0 heterocycles. The molecule has 0 aliphatic carbocycles. The fourth-order valence-corrected chi connectivity index (χ4v) is 1.86. The molecule has 1 N–H and O–H groups in total. The van der Waals surface area contributed by atoms with E-state index >= 15 is 0 Å². The largest absolute Gasteiger partial charge is 0.283 e. The number of rotatable bonds is 3. The highest BCUT2D eigenvalue weighted by molar-refractivity contribution is 7.92. The van der Waals surface area contributed by atoms with Gasteiger partial charge in [0.25, 0.3) is 5.69 Å². The van der Waals surface area contributed by atoms with E-state index in [4.69, 9.17) is 0 Å².